The molecular formula is C13H19N3OS. The van der Waals surface area contributed by atoms with Gasteiger partial charge in [0, 0.05) is 26.0 Å². The van der Waals surface area contributed by atoms with Gasteiger partial charge >= 0.3 is 0 Å². The molecule has 0 bridgehead atoms. The van der Waals surface area contributed by atoms with Gasteiger partial charge in [0.2, 0.25) is 5.91 Å². The van der Waals surface area contributed by atoms with Gasteiger partial charge in [0.05, 0.1) is 10.4 Å². The van der Waals surface area contributed by atoms with Crippen molar-refractivity contribution in [1.29, 1.82) is 0 Å². The van der Waals surface area contributed by atoms with Crippen LogP contribution in [0, 0.1) is 5.41 Å². The fraction of sp³-hybridized carbons (Fsp3) is 0.462. The largest absolute Gasteiger partial charge is 0.392 e. The van der Waals surface area contributed by atoms with Crippen molar-refractivity contribution < 1.29 is 4.79 Å². The summed E-state index contributed by atoms with van der Waals surface area (Å²) in [5.41, 5.74) is 5.95. The Balaban J connectivity index is 2.59. The van der Waals surface area contributed by atoms with Crippen molar-refractivity contribution in [3.63, 3.8) is 0 Å². The number of carbonyl (C=O) groups is 1. The lowest BCUT2D eigenvalue weighted by Crippen LogP contribution is -2.46. The summed E-state index contributed by atoms with van der Waals surface area (Å²) in [6, 6.07) is 3.88. The number of carbonyl (C=O) groups excluding carboxylic acids is 1. The van der Waals surface area contributed by atoms with Gasteiger partial charge in [0.15, 0.2) is 0 Å². The monoisotopic (exact) mass is 265 g/mol. The van der Waals surface area contributed by atoms with Crippen LogP contribution in [0.1, 0.15) is 19.4 Å². The smallest absolute Gasteiger partial charge is 0.234 e. The van der Waals surface area contributed by atoms with E-state index in [1.54, 1.807) is 38.2 Å². The second kappa shape index (κ2) is 5.91. The third-order valence-corrected chi connectivity index (χ3v) is 3.49. The summed E-state index contributed by atoms with van der Waals surface area (Å²) in [6.45, 7) is 4.14. The molecule has 1 aromatic rings. The number of hydrogen-bond donors (Lipinski definition) is 1. The Bertz CT molecular complexity index is 431. The number of amides is 1. The average molecular weight is 265 g/mol. The van der Waals surface area contributed by atoms with Crippen molar-refractivity contribution in [3.05, 3.63) is 30.1 Å². The number of nitrogens with zero attached hydrogens (tertiary/aromatic N) is 2. The van der Waals surface area contributed by atoms with Crippen LogP contribution in [0.5, 0.6) is 0 Å². The second-order valence-corrected chi connectivity index (χ2v) is 5.26. The summed E-state index contributed by atoms with van der Waals surface area (Å²) in [7, 11) is 1.77. The molecule has 0 unspecified atom stereocenters. The Labute approximate surface area is 113 Å². The number of thiocarbonyl (C=S) groups is 1. The highest BCUT2D eigenvalue weighted by Gasteiger charge is 2.33. The predicted octanol–water partition coefficient (Wildman–Crippen LogP) is 1.39. The minimum absolute atomic E-state index is 0.0518. The summed E-state index contributed by atoms with van der Waals surface area (Å²) >= 11 is 4.93. The Kier molecular flexibility index (Phi) is 4.78. The number of hydrogen-bond acceptors (Lipinski definition) is 3. The van der Waals surface area contributed by atoms with Gasteiger partial charge in [0.25, 0.3) is 0 Å². The maximum atomic E-state index is 12.2. The Hall–Kier alpha value is -1.49. The van der Waals surface area contributed by atoms with Crippen molar-refractivity contribution in [2.24, 2.45) is 11.1 Å². The molecule has 0 aromatic carbocycles. The summed E-state index contributed by atoms with van der Waals surface area (Å²) in [6.07, 6.45) is 4.28. The van der Waals surface area contributed by atoms with Crippen LogP contribution in [0.2, 0.25) is 0 Å². The molecule has 0 saturated heterocycles. The van der Waals surface area contributed by atoms with Crippen LogP contribution in [0.25, 0.3) is 0 Å². The molecule has 4 nitrogen and oxygen atoms in total. The van der Waals surface area contributed by atoms with Crippen LogP contribution in [0.15, 0.2) is 24.5 Å². The molecule has 18 heavy (non-hydrogen) atoms. The van der Waals surface area contributed by atoms with E-state index in [-0.39, 0.29) is 10.9 Å². The van der Waals surface area contributed by atoms with Crippen molar-refractivity contribution >= 4 is 23.1 Å². The average Bonchev–Trinajstić information content (AvgIpc) is 2.36. The van der Waals surface area contributed by atoms with Crippen LogP contribution in [-0.2, 0) is 11.2 Å². The molecule has 0 aliphatic heterocycles. The molecule has 1 heterocycles. The van der Waals surface area contributed by atoms with Crippen LogP contribution >= 0.6 is 12.2 Å². The molecule has 0 fully saturated rings. The first-order valence-electron chi connectivity index (χ1n) is 5.80. The first-order valence-corrected chi connectivity index (χ1v) is 6.21. The van der Waals surface area contributed by atoms with Crippen molar-refractivity contribution in [1.82, 2.24) is 9.88 Å². The topological polar surface area (TPSA) is 59.2 Å². The van der Waals surface area contributed by atoms with Crippen LogP contribution in [-0.4, -0.2) is 34.4 Å². The standard InChI is InChI=1S/C13H19N3OS/c1-13(2,11(14)18)12(17)16(3)9-6-10-4-7-15-8-5-10/h4-5,7-8H,6,9H2,1-3H3,(H2,14,18). The van der Waals surface area contributed by atoms with Gasteiger partial charge in [-0.05, 0) is 38.0 Å². The van der Waals surface area contributed by atoms with Gasteiger partial charge in [-0.3, -0.25) is 9.78 Å². The molecule has 0 saturated carbocycles. The van der Waals surface area contributed by atoms with Crippen LogP contribution in [0.3, 0.4) is 0 Å². The number of nitrogens with two attached hydrogens (primary N) is 1. The fourth-order valence-corrected chi connectivity index (χ4v) is 1.62. The molecule has 0 aliphatic rings. The fourth-order valence-electron chi connectivity index (χ4n) is 1.53. The molecular weight excluding hydrogens is 246 g/mol. The Morgan fingerprint density at radius 2 is 2.00 bits per heavy atom. The van der Waals surface area contributed by atoms with Crippen LogP contribution < -0.4 is 5.73 Å². The van der Waals surface area contributed by atoms with E-state index in [0.717, 1.165) is 12.0 Å². The number of aromatic nitrogens is 1. The summed E-state index contributed by atoms with van der Waals surface area (Å²) in [5, 5.41) is 0. The molecule has 5 heteroatoms. The van der Waals surface area contributed by atoms with Gasteiger partial charge in [0.1, 0.15) is 0 Å². The zero-order valence-electron chi connectivity index (χ0n) is 11.0. The zero-order valence-corrected chi connectivity index (χ0v) is 11.8. The summed E-state index contributed by atoms with van der Waals surface area (Å²) < 4.78 is 0. The lowest BCUT2D eigenvalue weighted by Gasteiger charge is -2.28. The van der Waals surface area contributed by atoms with Gasteiger partial charge < -0.3 is 10.6 Å². The van der Waals surface area contributed by atoms with Crippen molar-refractivity contribution in [2.45, 2.75) is 20.3 Å². The number of likely N-dealkylation sites (N-methyl/N-ethyl adjacent to an activating group) is 1. The highest BCUT2D eigenvalue weighted by molar-refractivity contribution is 7.80. The normalized spacial score (nSPS) is 11.1. The molecule has 0 radical (unpaired) electrons. The lowest BCUT2D eigenvalue weighted by molar-refractivity contribution is -0.135. The maximum Gasteiger partial charge on any atom is 0.234 e. The lowest BCUT2D eigenvalue weighted by atomic mass is 9.91. The molecule has 2 N–H and O–H groups in total. The minimum atomic E-state index is -0.789. The third kappa shape index (κ3) is 3.50. The summed E-state index contributed by atoms with van der Waals surface area (Å²) in [5.74, 6) is -0.0518. The molecule has 0 aliphatic carbocycles. The van der Waals surface area contributed by atoms with Crippen molar-refractivity contribution in [2.75, 3.05) is 13.6 Å². The molecule has 0 spiro atoms. The third-order valence-electron chi connectivity index (χ3n) is 2.98. The van der Waals surface area contributed by atoms with Gasteiger partial charge in [-0.15, -0.1) is 0 Å². The van der Waals surface area contributed by atoms with Gasteiger partial charge in [-0.2, -0.15) is 0 Å². The molecule has 0 atom stereocenters. The van der Waals surface area contributed by atoms with Gasteiger partial charge in [-0.1, -0.05) is 12.2 Å². The van der Waals surface area contributed by atoms with E-state index in [1.165, 1.54) is 0 Å². The maximum absolute atomic E-state index is 12.2. The molecule has 1 aromatic heterocycles. The predicted molar refractivity (Wildman–Crippen MR) is 76.1 cm³/mol. The molecule has 98 valence electrons. The van der Waals surface area contributed by atoms with Crippen molar-refractivity contribution in [3.8, 4) is 0 Å². The summed E-state index contributed by atoms with van der Waals surface area (Å²) in [4.78, 5) is 18.0. The van der Waals surface area contributed by atoms with E-state index in [1.807, 2.05) is 12.1 Å². The highest BCUT2D eigenvalue weighted by atomic mass is 32.1. The SMILES string of the molecule is CN(CCc1ccncc1)C(=O)C(C)(C)C(N)=S. The molecule has 1 rings (SSSR count). The first kappa shape index (κ1) is 14.6. The Morgan fingerprint density at radius 3 is 2.50 bits per heavy atom. The van der Waals surface area contributed by atoms with Crippen LogP contribution in [0.4, 0.5) is 0 Å². The van der Waals surface area contributed by atoms with E-state index in [0.29, 0.717) is 6.54 Å². The first-order chi connectivity index (χ1) is 8.35. The van der Waals surface area contributed by atoms with E-state index in [4.69, 9.17) is 18.0 Å². The van der Waals surface area contributed by atoms with E-state index < -0.39 is 5.41 Å². The Morgan fingerprint density at radius 1 is 1.44 bits per heavy atom. The van der Waals surface area contributed by atoms with E-state index in [2.05, 4.69) is 4.98 Å². The van der Waals surface area contributed by atoms with E-state index >= 15 is 0 Å². The quantitative estimate of drug-likeness (QED) is 0.817. The number of pyridine rings is 1. The minimum Gasteiger partial charge on any atom is -0.392 e. The van der Waals surface area contributed by atoms with E-state index in [9.17, 15) is 4.79 Å². The zero-order chi connectivity index (χ0) is 13.8. The number of rotatable bonds is 5. The van der Waals surface area contributed by atoms with Gasteiger partial charge in [-0.25, -0.2) is 0 Å². The second-order valence-electron chi connectivity index (χ2n) is 4.82. The highest BCUT2D eigenvalue weighted by Crippen LogP contribution is 2.18. The molecule has 1 amide bonds.